The lowest BCUT2D eigenvalue weighted by Gasteiger charge is -2.16. The molecule has 17 heavy (non-hydrogen) atoms. The zero-order valence-corrected chi connectivity index (χ0v) is 9.52. The first-order valence-corrected chi connectivity index (χ1v) is 5.19. The van der Waals surface area contributed by atoms with Crippen LogP contribution in [0.3, 0.4) is 0 Å². The summed E-state index contributed by atoms with van der Waals surface area (Å²) in [4.78, 5) is 0. The van der Waals surface area contributed by atoms with E-state index in [0.717, 1.165) is 6.07 Å². The van der Waals surface area contributed by atoms with E-state index in [0.29, 0.717) is 0 Å². The van der Waals surface area contributed by atoms with E-state index in [2.05, 4.69) is 5.32 Å². The summed E-state index contributed by atoms with van der Waals surface area (Å²) >= 11 is 5.52. The van der Waals surface area contributed by atoms with E-state index in [1.54, 1.807) is 0 Å². The molecule has 96 valence electrons. The fraction of sp³-hybridized carbons (Fsp3) is 0.400. The quantitative estimate of drug-likeness (QED) is 0.784. The Morgan fingerprint density at radius 2 is 2.06 bits per heavy atom. The van der Waals surface area contributed by atoms with Crippen molar-refractivity contribution in [2.45, 2.75) is 12.2 Å². The molecule has 3 nitrogen and oxygen atoms in total. The van der Waals surface area contributed by atoms with Gasteiger partial charge in [-0.1, -0.05) is 11.6 Å². The largest absolute Gasteiger partial charge is 0.418 e. The molecule has 0 aliphatic rings. The molecule has 4 N–H and O–H groups in total. The Morgan fingerprint density at radius 1 is 1.41 bits per heavy atom. The lowest BCUT2D eigenvalue weighted by atomic mass is 10.1. The summed E-state index contributed by atoms with van der Waals surface area (Å²) in [5.74, 6) is 0. The van der Waals surface area contributed by atoms with E-state index in [1.807, 2.05) is 0 Å². The van der Waals surface area contributed by atoms with Gasteiger partial charge in [-0.2, -0.15) is 13.2 Å². The number of hydrogen-bond acceptors (Lipinski definition) is 3. The van der Waals surface area contributed by atoms with Crippen molar-refractivity contribution < 1.29 is 18.3 Å². The molecule has 0 radical (unpaired) electrons. The molecule has 0 heterocycles. The topological polar surface area (TPSA) is 58.3 Å². The Hall–Kier alpha value is -0.980. The van der Waals surface area contributed by atoms with Gasteiger partial charge in [0.1, 0.15) is 0 Å². The van der Waals surface area contributed by atoms with E-state index in [4.69, 9.17) is 22.4 Å². The summed E-state index contributed by atoms with van der Waals surface area (Å²) < 4.78 is 38.0. The molecule has 0 saturated carbocycles. The highest BCUT2D eigenvalue weighted by atomic mass is 35.5. The minimum absolute atomic E-state index is 0.00864. The highest BCUT2D eigenvalue weighted by Gasteiger charge is 2.33. The normalized spacial score (nSPS) is 13.5. The molecular formula is C10H12ClF3N2O. The summed E-state index contributed by atoms with van der Waals surface area (Å²) in [5.41, 5.74) is 4.43. The SMILES string of the molecule is NC(CO)CNc1ccc(Cl)cc1C(F)(F)F. The van der Waals surface area contributed by atoms with E-state index >= 15 is 0 Å². The molecule has 0 saturated heterocycles. The van der Waals surface area contributed by atoms with Gasteiger partial charge in [0.25, 0.3) is 0 Å². The maximum absolute atomic E-state index is 12.7. The Kier molecular flexibility index (Phi) is 4.62. The van der Waals surface area contributed by atoms with E-state index in [-0.39, 0.29) is 23.9 Å². The molecule has 0 fully saturated rings. The molecule has 0 amide bonds. The number of alkyl halides is 3. The van der Waals surface area contributed by atoms with Crippen LogP contribution in [0.15, 0.2) is 18.2 Å². The van der Waals surface area contributed by atoms with Crippen LogP contribution in [0.25, 0.3) is 0 Å². The highest BCUT2D eigenvalue weighted by molar-refractivity contribution is 6.30. The first-order valence-electron chi connectivity index (χ1n) is 4.81. The third-order valence-electron chi connectivity index (χ3n) is 2.08. The number of nitrogens with one attached hydrogen (secondary N) is 1. The second kappa shape index (κ2) is 5.57. The zero-order valence-electron chi connectivity index (χ0n) is 8.76. The number of nitrogens with two attached hydrogens (primary N) is 1. The van der Waals surface area contributed by atoms with Crippen molar-refractivity contribution in [1.29, 1.82) is 0 Å². The Morgan fingerprint density at radius 3 is 2.59 bits per heavy atom. The summed E-state index contributed by atoms with van der Waals surface area (Å²) in [6.07, 6.45) is -4.49. The summed E-state index contributed by atoms with van der Waals surface area (Å²) in [6, 6.07) is 2.81. The minimum atomic E-state index is -4.49. The fourth-order valence-electron chi connectivity index (χ4n) is 1.21. The van der Waals surface area contributed by atoms with Crippen molar-refractivity contribution >= 4 is 17.3 Å². The molecule has 0 aliphatic heterocycles. The van der Waals surface area contributed by atoms with Crippen LogP contribution in [0.1, 0.15) is 5.56 Å². The number of aliphatic hydroxyl groups is 1. The number of anilines is 1. The Bertz CT molecular complexity index is 384. The first kappa shape index (κ1) is 14.1. The van der Waals surface area contributed by atoms with Crippen molar-refractivity contribution in [3.63, 3.8) is 0 Å². The molecule has 7 heteroatoms. The lowest BCUT2D eigenvalue weighted by Crippen LogP contribution is -2.32. The van der Waals surface area contributed by atoms with Crippen molar-refractivity contribution in [3.05, 3.63) is 28.8 Å². The van der Waals surface area contributed by atoms with Crippen LogP contribution in [-0.4, -0.2) is 24.3 Å². The molecular weight excluding hydrogens is 257 g/mol. The number of aliphatic hydroxyl groups excluding tert-OH is 1. The van der Waals surface area contributed by atoms with E-state index in [9.17, 15) is 13.2 Å². The highest BCUT2D eigenvalue weighted by Crippen LogP contribution is 2.36. The van der Waals surface area contributed by atoms with Crippen molar-refractivity contribution in [1.82, 2.24) is 0 Å². The van der Waals surface area contributed by atoms with Crippen LogP contribution < -0.4 is 11.1 Å². The van der Waals surface area contributed by atoms with Gasteiger partial charge in [-0.05, 0) is 18.2 Å². The molecule has 0 aliphatic carbocycles. The predicted molar refractivity (Wildman–Crippen MR) is 60.0 cm³/mol. The van der Waals surface area contributed by atoms with Crippen LogP contribution in [-0.2, 0) is 6.18 Å². The summed E-state index contributed by atoms with van der Waals surface area (Å²) in [7, 11) is 0. The number of benzene rings is 1. The summed E-state index contributed by atoms with van der Waals surface area (Å²) in [5, 5.41) is 11.2. The molecule has 1 unspecified atom stereocenters. The van der Waals surface area contributed by atoms with Gasteiger partial charge >= 0.3 is 6.18 Å². The standard InChI is InChI=1S/C10H12ClF3N2O/c11-6-1-2-9(16-4-7(15)5-17)8(3-6)10(12,13)14/h1-3,7,16-17H,4-5,15H2. The monoisotopic (exact) mass is 268 g/mol. The van der Waals surface area contributed by atoms with Crippen LogP contribution in [0.5, 0.6) is 0 Å². The number of rotatable bonds is 4. The molecule has 1 aromatic rings. The average Bonchev–Trinajstić information content (AvgIpc) is 2.25. The molecule has 0 spiro atoms. The molecule has 1 rings (SSSR count). The minimum Gasteiger partial charge on any atom is -0.395 e. The second-order valence-electron chi connectivity index (χ2n) is 3.51. The maximum atomic E-state index is 12.7. The predicted octanol–water partition coefficient (Wildman–Crippen LogP) is 2.09. The first-order chi connectivity index (χ1) is 7.84. The van der Waals surface area contributed by atoms with Gasteiger partial charge in [-0.3, -0.25) is 0 Å². The van der Waals surface area contributed by atoms with Gasteiger partial charge in [0.05, 0.1) is 12.2 Å². The number of halogens is 4. The molecule has 0 aromatic heterocycles. The zero-order chi connectivity index (χ0) is 13.1. The van der Waals surface area contributed by atoms with Crippen LogP contribution in [0.2, 0.25) is 5.02 Å². The van der Waals surface area contributed by atoms with Gasteiger partial charge in [-0.15, -0.1) is 0 Å². The van der Waals surface area contributed by atoms with Gasteiger partial charge < -0.3 is 16.2 Å². The molecule has 0 bridgehead atoms. The fourth-order valence-corrected chi connectivity index (χ4v) is 1.38. The third kappa shape index (κ3) is 4.07. The van der Waals surface area contributed by atoms with Crippen LogP contribution >= 0.6 is 11.6 Å². The second-order valence-corrected chi connectivity index (χ2v) is 3.95. The van der Waals surface area contributed by atoms with Gasteiger partial charge in [-0.25, -0.2) is 0 Å². The van der Waals surface area contributed by atoms with Gasteiger partial charge in [0, 0.05) is 23.3 Å². The van der Waals surface area contributed by atoms with Crippen molar-refractivity contribution in [2.24, 2.45) is 5.73 Å². The van der Waals surface area contributed by atoms with Crippen molar-refractivity contribution in [2.75, 3.05) is 18.5 Å². The van der Waals surface area contributed by atoms with E-state index in [1.165, 1.54) is 12.1 Å². The average molecular weight is 269 g/mol. The number of hydrogen-bond donors (Lipinski definition) is 3. The van der Waals surface area contributed by atoms with Crippen LogP contribution in [0.4, 0.5) is 18.9 Å². The Labute approximate surface area is 101 Å². The smallest absolute Gasteiger partial charge is 0.395 e. The molecule has 1 atom stereocenters. The third-order valence-corrected chi connectivity index (χ3v) is 2.31. The maximum Gasteiger partial charge on any atom is 0.418 e. The van der Waals surface area contributed by atoms with Crippen LogP contribution in [0, 0.1) is 0 Å². The lowest BCUT2D eigenvalue weighted by molar-refractivity contribution is -0.136. The summed E-state index contributed by atoms with van der Waals surface area (Å²) in [6.45, 7) is -0.261. The van der Waals surface area contributed by atoms with Crippen molar-refractivity contribution in [3.8, 4) is 0 Å². The molecule has 1 aromatic carbocycles. The van der Waals surface area contributed by atoms with Gasteiger partial charge in [0.2, 0.25) is 0 Å². The Balaban J connectivity index is 2.91. The van der Waals surface area contributed by atoms with Gasteiger partial charge in [0.15, 0.2) is 0 Å². The van der Waals surface area contributed by atoms with E-state index < -0.39 is 17.8 Å².